The third-order valence-electron chi connectivity index (χ3n) is 2.40. The number of alkyl halides is 1. The Kier molecular flexibility index (Phi) is 4.05. The highest BCUT2D eigenvalue weighted by atomic mass is 35.5. The van der Waals surface area contributed by atoms with Gasteiger partial charge in [0.15, 0.2) is 28.9 Å². The number of nitrogens with zero attached hydrogens (tertiary/aromatic N) is 4. The fourth-order valence-corrected chi connectivity index (χ4v) is 1.56. The first-order valence-electron chi connectivity index (χ1n) is 5.77. The molecule has 118 valence electrons. The van der Waals surface area contributed by atoms with Crippen LogP contribution in [0.4, 0.5) is 35.3 Å². The molecule has 2 heterocycles. The van der Waals surface area contributed by atoms with Crippen molar-refractivity contribution in [3.63, 3.8) is 0 Å². The van der Waals surface area contributed by atoms with Gasteiger partial charge in [-0.2, -0.15) is 24.3 Å². The van der Waals surface area contributed by atoms with E-state index in [2.05, 4.69) is 25.3 Å². The quantitative estimate of drug-likeness (QED) is 0.661. The van der Waals surface area contributed by atoms with Gasteiger partial charge in [0, 0.05) is 0 Å². The number of hydrogen-bond donors (Lipinski definition) is 2. The number of aromatic nitrogens is 4. The Morgan fingerprint density at radius 1 is 1.05 bits per heavy atom. The molecule has 11 heteroatoms. The average molecular weight is 337 g/mol. The van der Waals surface area contributed by atoms with Crippen LogP contribution in [-0.2, 0) is 5.67 Å². The zero-order valence-corrected chi connectivity index (χ0v) is 12.0. The molecular weight excluding hydrogens is 328 g/mol. The van der Waals surface area contributed by atoms with Crippen molar-refractivity contribution in [1.29, 1.82) is 0 Å². The standard InChI is InChI=1S/C11H9ClF4N6/c1-11(2,16)8-20-9(17)22-10(21-8)19-7-5(14)3(12)4(13)6(15)18-7/h1-2H3,(H3,17,18,19,20,21,22). The van der Waals surface area contributed by atoms with Crippen molar-refractivity contribution in [2.24, 2.45) is 0 Å². The summed E-state index contributed by atoms with van der Waals surface area (Å²) in [4.78, 5) is 13.8. The summed E-state index contributed by atoms with van der Waals surface area (Å²) in [6, 6.07) is 0. The number of hydrogen-bond acceptors (Lipinski definition) is 6. The van der Waals surface area contributed by atoms with Gasteiger partial charge in [0.25, 0.3) is 5.95 Å². The van der Waals surface area contributed by atoms with E-state index in [1.807, 2.05) is 0 Å². The summed E-state index contributed by atoms with van der Waals surface area (Å²) in [5.74, 6) is -6.49. The van der Waals surface area contributed by atoms with Gasteiger partial charge in [-0.15, -0.1) is 0 Å². The lowest BCUT2D eigenvalue weighted by molar-refractivity contribution is 0.206. The zero-order valence-electron chi connectivity index (χ0n) is 11.3. The lowest BCUT2D eigenvalue weighted by Gasteiger charge is -2.14. The number of pyridine rings is 1. The maximum absolute atomic E-state index is 13.8. The van der Waals surface area contributed by atoms with Crippen LogP contribution in [0.1, 0.15) is 19.7 Å². The first-order valence-corrected chi connectivity index (χ1v) is 6.15. The van der Waals surface area contributed by atoms with Gasteiger partial charge >= 0.3 is 0 Å². The van der Waals surface area contributed by atoms with Crippen LogP contribution in [-0.4, -0.2) is 19.9 Å². The van der Waals surface area contributed by atoms with E-state index in [0.717, 1.165) is 0 Å². The number of nitrogens with two attached hydrogens (primary N) is 1. The minimum absolute atomic E-state index is 0.336. The van der Waals surface area contributed by atoms with Gasteiger partial charge in [0.05, 0.1) is 0 Å². The minimum atomic E-state index is -1.95. The van der Waals surface area contributed by atoms with Crippen LogP contribution >= 0.6 is 11.6 Å². The van der Waals surface area contributed by atoms with Crippen LogP contribution < -0.4 is 11.1 Å². The van der Waals surface area contributed by atoms with Gasteiger partial charge in [-0.05, 0) is 13.8 Å². The van der Waals surface area contributed by atoms with Crippen molar-refractivity contribution in [3.8, 4) is 0 Å². The smallest absolute Gasteiger partial charge is 0.252 e. The van der Waals surface area contributed by atoms with Gasteiger partial charge in [-0.1, -0.05) is 11.6 Å². The Labute approximate surface area is 126 Å². The van der Waals surface area contributed by atoms with Crippen LogP contribution in [0.2, 0.25) is 5.02 Å². The molecule has 0 fully saturated rings. The fraction of sp³-hybridized carbons (Fsp3) is 0.273. The second-order valence-corrected chi connectivity index (χ2v) is 5.01. The van der Waals surface area contributed by atoms with Crippen LogP contribution in [0.5, 0.6) is 0 Å². The molecule has 3 N–H and O–H groups in total. The van der Waals surface area contributed by atoms with E-state index in [1.54, 1.807) is 0 Å². The van der Waals surface area contributed by atoms with Crippen LogP contribution in [0.15, 0.2) is 0 Å². The van der Waals surface area contributed by atoms with E-state index in [4.69, 9.17) is 17.3 Å². The lowest BCUT2D eigenvalue weighted by Crippen LogP contribution is -2.18. The highest BCUT2D eigenvalue weighted by molar-refractivity contribution is 6.31. The van der Waals surface area contributed by atoms with Crippen LogP contribution in [0, 0.1) is 17.6 Å². The number of nitrogen functional groups attached to an aromatic ring is 1. The van der Waals surface area contributed by atoms with E-state index in [-0.39, 0.29) is 11.8 Å². The third-order valence-corrected chi connectivity index (χ3v) is 2.73. The van der Waals surface area contributed by atoms with Gasteiger partial charge in [0.1, 0.15) is 5.02 Å². The molecule has 6 nitrogen and oxygen atoms in total. The molecule has 0 aliphatic carbocycles. The molecule has 0 unspecified atom stereocenters. The van der Waals surface area contributed by atoms with Crippen molar-refractivity contribution in [2.75, 3.05) is 11.1 Å². The van der Waals surface area contributed by atoms with Crippen molar-refractivity contribution >= 4 is 29.3 Å². The molecule has 0 saturated carbocycles. The number of halogens is 5. The van der Waals surface area contributed by atoms with Gasteiger partial charge < -0.3 is 11.1 Å². The summed E-state index contributed by atoms with van der Waals surface area (Å²) in [5.41, 5.74) is 3.44. The second kappa shape index (κ2) is 5.52. The average Bonchev–Trinajstić information content (AvgIpc) is 2.41. The van der Waals surface area contributed by atoms with Crippen molar-refractivity contribution in [2.45, 2.75) is 19.5 Å². The van der Waals surface area contributed by atoms with Gasteiger partial charge in [0.2, 0.25) is 11.9 Å². The molecule has 0 saturated heterocycles. The van der Waals surface area contributed by atoms with E-state index < -0.39 is 40.0 Å². The molecule has 0 amide bonds. The number of anilines is 3. The second-order valence-electron chi connectivity index (χ2n) is 4.63. The first-order chi connectivity index (χ1) is 10.1. The maximum atomic E-state index is 13.8. The molecular formula is C11H9ClF4N6. The summed E-state index contributed by atoms with van der Waals surface area (Å²) in [6.45, 7) is 2.33. The molecule has 0 atom stereocenters. The van der Waals surface area contributed by atoms with Crippen molar-refractivity contribution in [3.05, 3.63) is 28.4 Å². The van der Waals surface area contributed by atoms with Gasteiger partial charge in [-0.25, -0.2) is 13.2 Å². The highest BCUT2D eigenvalue weighted by Crippen LogP contribution is 2.27. The SMILES string of the molecule is CC(C)(F)c1nc(N)nc(Nc2nc(F)c(F)c(Cl)c2F)n1. The molecule has 2 aromatic heterocycles. The molecule has 0 radical (unpaired) electrons. The molecule has 2 aromatic rings. The van der Waals surface area contributed by atoms with Crippen molar-refractivity contribution in [1.82, 2.24) is 19.9 Å². The van der Waals surface area contributed by atoms with Crippen molar-refractivity contribution < 1.29 is 17.6 Å². The number of rotatable bonds is 3. The topological polar surface area (TPSA) is 89.6 Å². The summed E-state index contributed by atoms with van der Waals surface area (Å²) >= 11 is 5.28. The Balaban J connectivity index is 2.46. The molecule has 0 bridgehead atoms. The summed E-state index contributed by atoms with van der Waals surface area (Å²) in [6.07, 6.45) is 0. The largest absolute Gasteiger partial charge is 0.368 e. The van der Waals surface area contributed by atoms with E-state index in [9.17, 15) is 17.6 Å². The molecule has 0 aliphatic rings. The first kappa shape index (κ1) is 16.1. The highest BCUT2D eigenvalue weighted by Gasteiger charge is 2.25. The van der Waals surface area contributed by atoms with Crippen LogP contribution in [0.3, 0.4) is 0 Å². The minimum Gasteiger partial charge on any atom is -0.368 e. The Bertz CT molecular complexity index is 733. The monoisotopic (exact) mass is 336 g/mol. The molecule has 22 heavy (non-hydrogen) atoms. The predicted molar refractivity (Wildman–Crippen MR) is 70.8 cm³/mol. The van der Waals surface area contributed by atoms with Gasteiger partial charge in [-0.3, -0.25) is 0 Å². The summed E-state index contributed by atoms with van der Waals surface area (Å²) in [7, 11) is 0. The van der Waals surface area contributed by atoms with Crippen LogP contribution in [0.25, 0.3) is 0 Å². The number of nitrogens with one attached hydrogen (secondary N) is 1. The maximum Gasteiger partial charge on any atom is 0.252 e. The van der Waals surface area contributed by atoms with E-state index in [0.29, 0.717) is 0 Å². The molecule has 0 spiro atoms. The summed E-state index contributed by atoms with van der Waals surface area (Å²) in [5, 5.41) is 1.05. The third kappa shape index (κ3) is 3.16. The fourth-order valence-electron chi connectivity index (χ4n) is 1.39. The predicted octanol–water partition coefficient (Wildman–Crippen LogP) is 2.87. The lowest BCUT2D eigenvalue weighted by atomic mass is 10.1. The summed E-state index contributed by atoms with van der Waals surface area (Å²) < 4.78 is 53.7. The molecule has 2 rings (SSSR count). The Hall–Kier alpha value is -2.23. The normalized spacial score (nSPS) is 11.6. The molecule has 0 aromatic carbocycles. The zero-order chi connectivity index (χ0) is 16.7. The van der Waals surface area contributed by atoms with E-state index >= 15 is 0 Å². The van der Waals surface area contributed by atoms with E-state index in [1.165, 1.54) is 13.8 Å². The molecule has 0 aliphatic heterocycles. The Morgan fingerprint density at radius 3 is 2.27 bits per heavy atom. The Morgan fingerprint density at radius 2 is 1.68 bits per heavy atom.